The smallest absolute Gasteiger partial charge is 0.313 e. The second-order valence-electron chi connectivity index (χ2n) is 3.90. The fourth-order valence-electron chi connectivity index (χ4n) is 1.49. The molecule has 0 aliphatic rings. The van der Waals surface area contributed by atoms with Gasteiger partial charge in [0.2, 0.25) is 5.89 Å². The van der Waals surface area contributed by atoms with E-state index < -0.39 is 11.5 Å². The van der Waals surface area contributed by atoms with Crippen LogP contribution in [-0.2, 0) is 17.8 Å². The van der Waals surface area contributed by atoms with Gasteiger partial charge in [-0.1, -0.05) is 16.9 Å². The Morgan fingerprint density at radius 1 is 1.50 bits per heavy atom. The van der Waals surface area contributed by atoms with E-state index in [0.717, 1.165) is 11.8 Å². The fraction of sp³-hybridized carbons (Fsp3) is 0.364. The van der Waals surface area contributed by atoms with Crippen molar-refractivity contribution in [1.29, 1.82) is 0 Å². The van der Waals surface area contributed by atoms with Gasteiger partial charge in [-0.15, -0.1) is 0 Å². The van der Waals surface area contributed by atoms with Crippen molar-refractivity contribution < 1.29 is 14.4 Å². The van der Waals surface area contributed by atoms with E-state index in [4.69, 9.17) is 9.63 Å². The van der Waals surface area contributed by atoms with Crippen molar-refractivity contribution in [2.24, 2.45) is 0 Å². The van der Waals surface area contributed by atoms with E-state index >= 15 is 0 Å². The summed E-state index contributed by atoms with van der Waals surface area (Å²) in [5.41, 5.74) is -0.399. The number of rotatable bonds is 6. The third-order valence-electron chi connectivity index (χ3n) is 2.32. The topological polar surface area (TPSA) is 111 Å². The number of aliphatic carboxylic acids is 1. The summed E-state index contributed by atoms with van der Waals surface area (Å²) in [6.45, 7) is 2.18. The minimum absolute atomic E-state index is 0.155. The van der Waals surface area contributed by atoms with Crippen molar-refractivity contribution >= 4 is 17.7 Å². The highest BCUT2D eigenvalue weighted by Crippen LogP contribution is 2.13. The van der Waals surface area contributed by atoms with Crippen LogP contribution < -0.4 is 5.56 Å². The number of carboxylic acids is 1. The van der Waals surface area contributed by atoms with Gasteiger partial charge in [-0.2, -0.15) is 9.97 Å². The molecule has 2 aromatic heterocycles. The Kier molecular flexibility index (Phi) is 4.51. The zero-order valence-electron chi connectivity index (χ0n) is 10.6. The maximum Gasteiger partial charge on any atom is 0.313 e. The standard InChI is InChI=1S/C11H12N4O4S/c1-7-12-8(14-19-7)2-4-15-5-3-9(16)13-11(15)20-6-10(17)18/h3,5H,2,4,6H2,1H3,(H,17,18). The van der Waals surface area contributed by atoms with Crippen molar-refractivity contribution in [3.8, 4) is 0 Å². The Balaban J connectivity index is 2.09. The SMILES string of the molecule is Cc1nc(CCn2ccc(=O)nc2SCC(=O)O)no1. The lowest BCUT2D eigenvalue weighted by Gasteiger charge is -2.09. The van der Waals surface area contributed by atoms with E-state index in [1.165, 1.54) is 6.07 Å². The molecule has 0 aliphatic carbocycles. The summed E-state index contributed by atoms with van der Waals surface area (Å²) >= 11 is 0.998. The Morgan fingerprint density at radius 2 is 2.30 bits per heavy atom. The molecule has 0 atom stereocenters. The summed E-state index contributed by atoms with van der Waals surface area (Å²) in [5, 5.41) is 12.8. The largest absolute Gasteiger partial charge is 0.481 e. The van der Waals surface area contributed by atoms with Crippen molar-refractivity contribution in [3.05, 3.63) is 34.3 Å². The maximum absolute atomic E-state index is 11.2. The zero-order valence-corrected chi connectivity index (χ0v) is 11.5. The van der Waals surface area contributed by atoms with Gasteiger partial charge in [0.05, 0.1) is 5.75 Å². The van der Waals surface area contributed by atoms with Crippen molar-refractivity contribution in [2.45, 2.75) is 25.0 Å². The highest BCUT2D eigenvalue weighted by atomic mass is 32.2. The number of thioether (sulfide) groups is 1. The number of aryl methyl sites for hydroxylation is 3. The summed E-state index contributed by atoms with van der Waals surface area (Å²) in [5.74, 6) is -0.0834. The summed E-state index contributed by atoms with van der Waals surface area (Å²) in [6, 6.07) is 1.33. The first-order valence-electron chi connectivity index (χ1n) is 5.76. The van der Waals surface area contributed by atoms with Gasteiger partial charge in [0, 0.05) is 32.2 Å². The first-order valence-corrected chi connectivity index (χ1v) is 6.74. The highest BCUT2D eigenvalue weighted by Gasteiger charge is 2.08. The number of hydrogen-bond acceptors (Lipinski definition) is 7. The molecule has 0 bridgehead atoms. The van der Waals surface area contributed by atoms with Gasteiger partial charge in [0.1, 0.15) is 0 Å². The van der Waals surface area contributed by atoms with Crippen LogP contribution in [0.5, 0.6) is 0 Å². The zero-order chi connectivity index (χ0) is 14.5. The number of aromatic nitrogens is 4. The van der Waals surface area contributed by atoms with Gasteiger partial charge in [0.15, 0.2) is 11.0 Å². The normalized spacial score (nSPS) is 10.7. The lowest BCUT2D eigenvalue weighted by atomic mass is 10.4. The van der Waals surface area contributed by atoms with Gasteiger partial charge < -0.3 is 14.2 Å². The molecule has 0 unspecified atom stereocenters. The fourth-order valence-corrected chi connectivity index (χ4v) is 2.21. The minimum atomic E-state index is -0.964. The van der Waals surface area contributed by atoms with E-state index in [9.17, 15) is 9.59 Å². The average Bonchev–Trinajstić information content (AvgIpc) is 2.81. The van der Waals surface area contributed by atoms with Crippen LogP contribution in [-0.4, -0.2) is 36.5 Å². The second-order valence-corrected chi connectivity index (χ2v) is 4.85. The molecule has 8 nitrogen and oxygen atoms in total. The molecule has 2 heterocycles. The Bertz CT molecular complexity index is 666. The van der Waals surface area contributed by atoms with Crippen LogP contribution in [0.1, 0.15) is 11.7 Å². The molecular weight excluding hydrogens is 284 g/mol. The van der Waals surface area contributed by atoms with Crippen LogP contribution in [0.3, 0.4) is 0 Å². The third-order valence-corrected chi connectivity index (χ3v) is 3.29. The quantitative estimate of drug-likeness (QED) is 0.600. The van der Waals surface area contributed by atoms with Crippen molar-refractivity contribution in [3.63, 3.8) is 0 Å². The van der Waals surface area contributed by atoms with Crippen molar-refractivity contribution in [1.82, 2.24) is 19.7 Å². The molecule has 20 heavy (non-hydrogen) atoms. The second kappa shape index (κ2) is 6.33. The minimum Gasteiger partial charge on any atom is -0.481 e. The molecule has 0 aliphatic heterocycles. The van der Waals surface area contributed by atoms with Crippen molar-refractivity contribution in [2.75, 3.05) is 5.75 Å². The molecule has 0 spiro atoms. The van der Waals surface area contributed by atoms with Gasteiger partial charge in [-0.05, 0) is 0 Å². The molecule has 106 valence electrons. The molecule has 2 aromatic rings. The van der Waals surface area contributed by atoms with Crippen LogP contribution >= 0.6 is 11.8 Å². The van der Waals surface area contributed by atoms with Crippen LogP contribution in [0.15, 0.2) is 26.7 Å². The van der Waals surface area contributed by atoms with E-state index in [0.29, 0.717) is 29.8 Å². The molecule has 9 heteroatoms. The highest BCUT2D eigenvalue weighted by molar-refractivity contribution is 7.99. The average molecular weight is 296 g/mol. The molecule has 0 saturated carbocycles. The molecule has 2 rings (SSSR count). The van der Waals surface area contributed by atoms with E-state index in [1.807, 2.05) is 0 Å². The van der Waals surface area contributed by atoms with Gasteiger partial charge in [-0.3, -0.25) is 9.59 Å². The third kappa shape index (κ3) is 3.92. The molecule has 0 saturated heterocycles. The van der Waals surface area contributed by atoms with Crippen LogP contribution in [0.4, 0.5) is 0 Å². The first-order chi connectivity index (χ1) is 9.54. The lowest BCUT2D eigenvalue weighted by molar-refractivity contribution is -0.133. The Labute approximate surface area is 117 Å². The molecule has 0 fully saturated rings. The van der Waals surface area contributed by atoms with Crippen LogP contribution in [0.2, 0.25) is 0 Å². The lowest BCUT2D eigenvalue weighted by Crippen LogP contribution is -2.15. The van der Waals surface area contributed by atoms with Crippen LogP contribution in [0, 0.1) is 6.92 Å². The number of carboxylic acid groups (broad SMARTS) is 1. The molecular formula is C11H12N4O4S. The predicted molar refractivity (Wildman–Crippen MR) is 69.6 cm³/mol. The first kappa shape index (κ1) is 14.3. The van der Waals surface area contributed by atoms with E-state index in [2.05, 4.69) is 15.1 Å². The number of carbonyl (C=O) groups is 1. The summed E-state index contributed by atoms with van der Waals surface area (Å²) in [6.07, 6.45) is 2.08. The Morgan fingerprint density at radius 3 is 2.95 bits per heavy atom. The Hall–Kier alpha value is -2.16. The van der Waals surface area contributed by atoms with E-state index in [-0.39, 0.29) is 5.75 Å². The summed E-state index contributed by atoms with van der Waals surface area (Å²) < 4.78 is 6.56. The van der Waals surface area contributed by atoms with Gasteiger partial charge in [0.25, 0.3) is 5.56 Å². The molecule has 1 N–H and O–H groups in total. The summed E-state index contributed by atoms with van der Waals surface area (Å²) in [7, 11) is 0. The number of nitrogens with zero attached hydrogens (tertiary/aromatic N) is 4. The van der Waals surface area contributed by atoms with Gasteiger partial charge in [-0.25, -0.2) is 0 Å². The molecule has 0 radical (unpaired) electrons. The monoisotopic (exact) mass is 296 g/mol. The van der Waals surface area contributed by atoms with Crippen LogP contribution in [0.25, 0.3) is 0 Å². The maximum atomic E-state index is 11.2. The summed E-state index contributed by atoms with van der Waals surface area (Å²) in [4.78, 5) is 29.7. The van der Waals surface area contributed by atoms with Gasteiger partial charge >= 0.3 is 5.97 Å². The molecule has 0 amide bonds. The predicted octanol–water partition coefficient (Wildman–Crippen LogP) is 0.354. The van der Waals surface area contributed by atoms with E-state index in [1.54, 1.807) is 17.7 Å². The molecule has 0 aromatic carbocycles. The number of hydrogen-bond donors (Lipinski definition) is 1.